The van der Waals surface area contributed by atoms with Gasteiger partial charge in [0.15, 0.2) is 10.8 Å². The zero-order valence-electron chi connectivity index (χ0n) is 12.3. The van der Waals surface area contributed by atoms with Gasteiger partial charge in [-0.15, -0.1) is 11.3 Å². The van der Waals surface area contributed by atoms with Crippen molar-refractivity contribution in [2.75, 3.05) is 5.32 Å². The Bertz CT molecular complexity index is 945. The number of nitrogens with two attached hydrogens (primary N) is 1. The van der Waals surface area contributed by atoms with Gasteiger partial charge in [0.25, 0.3) is 5.91 Å². The van der Waals surface area contributed by atoms with Gasteiger partial charge in [0, 0.05) is 11.1 Å². The highest BCUT2D eigenvalue weighted by atomic mass is 32.2. The summed E-state index contributed by atoms with van der Waals surface area (Å²) in [4.78, 5) is 16.4. The first kappa shape index (κ1) is 16.4. The van der Waals surface area contributed by atoms with Crippen molar-refractivity contribution in [1.29, 1.82) is 0 Å². The Kier molecular flexibility index (Phi) is 4.47. The Morgan fingerprint density at radius 3 is 2.62 bits per heavy atom. The number of furan rings is 1. The second-order valence-corrected chi connectivity index (χ2v) is 7.45. The maximum absolute atomic E-state index is 12.2. The molecule has 0 radical (unpaired) electrons. The molecule has 2 heterocycles. The topological polar surface area (TPSA) is 115 Å². The molecule has 1 amide bonds. The lowest BCUT2D eigenvalue weighted by Gasteiger charge is -2.04. The standard InChI is InChI=1S/C15H13N3O4S2/c16-24(20,21)9-10-3-5-11(6-4-10)17-14(19)12-8-23-15(18-12)13-2-1-7-22-13/h1-8H,9H2,(H,17,19)(H2,16,20,21). The lowest BCUT2D eigenvalue weighted by atomic mass is 10.2. The summed E-state index contributed by atoms with van der Waals surface area (Å²) in [5.74, 6) is -0.00513. The summed E-state index contributed by atoms with van der Waals surface area (Å²) >= 11 is 1.31. The summed E-state index contributed by atoms with van der Waals surface area (Å²) in [7, 11) is -3.58. The largest absolute Gasteiger partial charge is 0.462 e. The molecule has 3 aromatic rings. The molecule has 0 aliphatic carbocycles. The van der Waals surface area contributed by atoms with Crippen LogP contribution in [0.5, 0.6) is 0 Å². The van der Waals surface area contributed by atoms with Crippen molar-refractivity contribution in [2.45, 2.75) is 5.75 Å². The molecule has 0 bridgehead atoms. The second kappa shape index (κ2) is 6.56. The van der Waals surface area contributed by atoms with Gasteiger partial charge in [-0.1, -0.05) is 12.1 Å². The van der Waals surface area contributed by atoms with Crippen molar-refractivity contribution in [2.24, 2.45) is 5.14 Å². The van der Waals surface area contributed by atoms with Gasteiger partial charge in [0.2, 0.25) is 10.0 Å². The van der Waals surface area contributed by atoms with Gasteiger partial charge in [-0.3, -0.25) is 4.79 Å². The minimum absolute atomic E-state index is 0.250. The Labute approximate surface area is 142 Å². The fourth-order valence-corrected chi connectivity index (χ4v) is 3.43. The number of anilines is 1. The third-order valence-electron chi connectivity index (χ3n) is 3.05. The summed E-state index contributed by atoms with van der Waals surface area (Å²) in [5.41, 5.74) is 1.36. The van der Waals surface area contributed by atoms with Crippen molar-refractivity contribution >= 4 is 33.0 Å². The summed E-state index contributed by atoms with van der Waals surface area (Å²) in [6, 6.07) is 9.92. The molecule has 0 saturated carbocycles. The Morgan fingerprint density at radius 2 is 2.00 bits per heavy atom. The number of nitrogens with zero attached hydrogens (tertiary/aromatic N) is 1. The van der Waals surface area contributed by atoms with Gasteiger partial charge in [-0.05, 0) is 29.8 Å². The molecule has 7 nitrogen and oxygen atoms in total. The van der Waals surface area contributed by atoms with E-state index in [-0.39, 0.29) is 17.4 Å². The third kappa shape index (κ3) is 4.07. The molecular formula is C15H13N3O4S2. The molecule has 124 valence electrons. The Hall–Kier alpha value is -2.49. The monoisotopic (exact) mass is 363 g/mol. The molecule has 1 aromatic carbocycles. The molecule has 0 saturated heterocycles. The van der Waals surface area contributed by atoms with E-state index in [0.29, 0.717) is 22.0 Å². The van der Waals surface area contributed by atoms with Gasteiger partial charge in [-0.2, -0.15) is 0 Å². The zero-order valence-corrected chi connectivity index (χ0v) is 13.9. The van der Waals surface area contributed by atoms with Crippen LogP contribution in [0.4, 0.5) is 5.69 Å². The number of hydrogen-bond donors (Lipinski definition) is 2. The molecule has 3 rings (SSSR count). The molecule has 0 aliphatic heterocycles. The first-order valence-electron chi connectivity index (χ1n) is 6.81. The van der Waals surface area contributed by atoms with E-state index in [1.165, 1.54) is 11.3 Å². The number of carbonyl (C=O) groups is 1. The number of rotatable bonds is 5. The van der Waals surface area contributed by atoms with E-state index in [4.69, 9.17) is 9.56 Å². The first-order chi connectivity index (χ1) is 11.4. The number of aromatic nitrogens is 1. The number of nitrogens with one attached hydrogen (secondary N) is 1. The molecular weight excluding hydrogens is 350 g/mol. The van der Waals surface area contributed by atoms with Gasteiger partial charge in [0.05, 0.1) is 12.0 Å². The number of amides is 1. The lowest BCUT2D eigenvalue weighted by Crippen LogP contribution is -2.15. The number of primary sulfonamides is 1. The predicted molar refractivity (Wildman–Crippen MR) is 91.0 cm³/mol. The van der Waals surface area contributed by atoms with Crippen LogP contribution < -0.4 is 10.5 Å². The van der Waals surface area contributed by atoms with Gasteiger partial charge in [-0.25, -0.2) is 18.5 Å². The van der Waals surface area contributed by atoms with E-state index < -0.39 is 10.0 Å². The quantitative estimate of drug-likeness (QED) is 0.722. The summed E-state index contributed by atoms with van der Waals surface area (Å²) < 4.78 is 27.3. The van der Waals surface area contributed by atoms with Crippen molar-refractivity contribution in [3.8, 4) is 10.8 Å². The number of thiazole rings is 1. The Morgan fingerprint density at radius 1 is 1.25 bits per heavy atom. The molecule has 2 aromatic heterocycles. The fourth-order valence-electron chi connectivity index (χ4n) is 2.00. The van der Waals surface area contributed by atoms with Gasteiger partial charge in [0.1, 0.15) is 5.69 Å². The summed E-state index contributed by atoms with van der Waals surface area (Å²) in [6.45, 7) is 0. The average Bonchev–Trinajstić information content (AvgIpc) is 3.18. The van der Waals surface area contributed by atoms with E-state index in [1.54, 1.807) is 48.0 Å². The van der Waals surface area contributed by atoms with Crippen LogP contribution in [0.15, 0.2) is 52.5 Å². The molecule has 0 fully saturated rings. The summed E-state index contributed by atoms with van der Waals surface area (Å²) in [5, 5.41) is 9.95. The zero-order chi connectivity index (χ0) is 17.2. The van der Waals surface area contributed by atoms with Gasteiger partial charge >= 0.3 is 0 Å². The van der Waals surface area contributed by atoms with Crippen molar-refractivity contribution in [3.63, 3.8) is 0 Å². The van der Waals surface area contributed by atoms with Crippen LogP contribution in [0, 0.1) is 0 Å². The van der Waals surface area contributed by atoms with Crippen LogP contribution in [0.1, 0.15) is 16.1 Å². The van der Waals surface area contributed by atoms with Crippen LogP contribution in [-0.2, 0) is 15.8 Å². The van der Waals surface area contributed by atoms with E-state index in [2.05, 4.69) is 10.3 Å². The predicted octanol–water partition coefficient (Wildman–Crippen LogP) is 2.44. The normalized spacial score (nSPS) is 11.4. The van der Waals surface area contributed by atoms with Gasteiger partial charge < -0.3 is 9.73 Å². The maximum atomic E-state index is 12.2. The maximum Gasteiger partial charge on any atom is 0.275 e. The highest BCUT2D eigenvalue weighted by Gasteiger charge is 2.13. The van der Waals surface area contributed by atoms with E-state index in [9.17, 15) is 13.2 Å². The third-order valence-corrected chi connectivity index (χ3v) is 4.64. The number of carbonyl (C=O) groups excluding carboxylic acids is 1. The minimum atomic E-state index is -3.58. The highest BCUT2D eigenvalue weighted by molar-refractivity contribution is 7.88. The molecule has 24 heavy (non-hydrogen) atoms. The van der Waals surface area contributed by atoms with Crippen LogP contribution in [0.3, 0.4) is 0 Å². The van der Waals surface area contributed by atoms with E-state index in [0.717, 1.165) is 0 Å². The molecule has 0 unspecified atom stereocenters. The minimum Gasteiger partial charge on any atom is -0.462 e. The van der Waals surface area contributed by atoms with Crippen LogP contribution in [0.25, 0.3) is 10.8 Å². The summed E-state index contributed by atoms with van der Waals surface area (Å²) in [6.07, 6.45) is 1.54. The second-order valence-electron chi connectivity index (χ2n) is 4.97. The van der Waals surface area contributed by atoms with Crippen molar-refractivity contribution in [3.05, 3.63) is 59.3 Å². The fraction of sp³-hybridized carbons (Fsp3) is 0.0667. The highest BCUT2D eigenvalue weighted by Crippen LogP contribution is 2.24. The average molecular weight is 363 g/mol. The number of sulfonamides is 1. The molecule has 0 atom stereocenters. The Balaban J connectivity index is 1.69. The van der Waals surface area contributed by atoms with Crippen molar-refractivity contribution < 1.29 is 17.6 Å². The smallest absolute Gasteiger partial charge is 0.275 e. The SMILES string of the molecule is NS(=O)(=O)Cc1ccc(NC(=O)c2csc(-c3ccco3)n2)cc1. The van der Waals surface area contributed by atoms with Crippen LogP contribution in [0.2, 0.25) is 0 Å². The van der Waals surface area contributed by atoms with E-state index in [1.807, 2.05) is 0 Å². The van der Waals surface area contributed by atoms with E-state index >= 15 is 0 Å². The molecule has 9 heteroatoms. The van der Waals surface area contributed by atoms with Crippen LogP contribution in [-0.4, -0.2) is 19.3 Å². The van der Waals surface area contributed by atoms with Crippen LogP contribution >= 0.6 is 11.3 Å². The molecule has 0 aliphatic rings. The number of benzene rings is 1. The first-order valence-corrected chi connectivity index (χ1v) is 9.40. The molecule has 0 spiro atoms. The molecule has 3 N–H and O–H groups in total. The van der Waals surface area contributed by atoms with Crippen molar-refractivity contribution in [1.82, 2.24) is 4.98 Å². The number of hydrogen-bond acceptors (Lipinski definition) is 6. The lowest BCUT2D eigenvalue weighted by molar-refractivity contribution is 0.102.